The Hall–Kier alpha value is -1.30. The summed E-state index contributed by atoms with van der Waals surface area (Å²) in [4.78, 5) is 0. The number of hydrogen-bond acceptors (Lipinski definition) is 1. The van der Waals surface area contributed by atoms with E-state index in [1.165, 1.54) is 0 Å². The van der Waals surface area contributed by atoms with Gasteiger partial charge in [-0.25, -0.2) is 4.68 Å². The van der Waals surface area contributed by atoms with Crippen molar-refractivity contribution in [1.29, 1.82) is 0 Å². The summed E-state index contributed by atoms with van der Waals surface area (Å²) < 4.78 is 84.8. The minimum absolute atomic E-state index is 0.187. The van der Waals surface area contributed by atoms with Gasteiger partial charge in [-0.2, -0.15) is 18.3 Å². The molecule has 0 N–H and O–H groups in total. The molecule has 0 spiro atoms. The molecule has 2 rings (SSSR count). The maximum atomic E-state index is 13.2. The fourth-order valence-corrected chi connectivity index (χ4v) is 1.26. The zero-order chi connectivity index (χ0) is 17.0. The number of alkyl halides is 3. The van der Waals surface area contributed by atoms with Gasteiger partial charge in [0.1, 0.15) is 0 Å². The second-order valence-electron chi connectivity index (χ2n) is 2.67. The first-order chi connectivity index (χ1) is 9.98. The highest BCUT2D eigenvalue weighted by Gasteiger charge is 2.33. The number of hydrogen-bond donors (Lipinski definition) is 0. The fourth-order valence-electron chi connectivity index (χ4n) is 1.01. The minimum Gasteiger partial charge on any atom is -0.239 e. The van der Waals surface area contributed by atoms with E-state index in [1.807, 2.05) is 0 Å². The van der Waals surface area contributed by atoms with E-state index in [1.54, 1.807) is 0 Å². The fraction of sp³-hybridized carbons (Fsp3) is 0.100. The van der Waals surface area contributed by atoms with Crippen LogP contribution in [0.1, 0.15) is 13.8 Å². The lowest BCUT2D eigenvalue weighted by atomic mass is 10.2. The van der Waals surface area contributed by atoms with Gasteiger partial charge in [-0.05, 0) is 28.0 Å². The number of rotatable bonds is 1. The topological polar surface area (TPSA) is 17.8 Å². The number of halogens is 4. The average molecular weight is 297 g/mol. The van der Waals surface area contributed by atoms with E-state index in [2.05, 4.69) is 21.0 Å². The van der Waals surface area contributed by atoms with Gasteiger partial charge in [0.05, 0.1) is 30.1 Å². The van der Waals surface area contributed by atoms with Crippen molar-refractivity contribution < 1.29 is 21.4 Å². The van der Waals surface area contributed by atoms with E-state index in [0.29, 0.717) is 4.68 Å². The van der Waals surface area contributed by atoms with Crippen molar-refractivity contribution in [2.75, 3.05) is 0 Å². The van der Waals surface area contributed by atoms with Crippen molar-refractivity contribution in [1.82, 2.24) is 9.78 Å². The molecule has 0 bridgehead atoms. The number of benzene rings is 1. The van der Waals surface area contributed by atoms with Gasteiger partial charge in [0.25, 0.3) is 0 Å². The van der Waals surface area contributed by atoms with Crippen LogP contribution in [0.3, 0.4) is 0 Å². The quantitative estimate of drug-likeness (QED) is 0.785. The van der Waals surface area contributed by atoms with Crippen LogP contribution in [0.25, 0.3) is 5.69 Å². The first-order valence-electron chi connectivity index (χ1n) is 6.88. The second-order valence-corrected chi connectivity index (χ2v) is 3.46. The zero-order valence-corrected chi connectivity index (χ0v) is 8.99. The van der Waals surface area contributed by atoms with Crippen LogP contribution in [0.4, 0.5) is 13.2 Å². The SMILES string of the molecule is [2H]c1nn(-c2c([2H])c([2H])c([2H])c([2H])c2C(F)(F)F)c([2H])c1Br. The molecule has 0 aliphatic carbocycles. The molecule has 0 saturated heterocycles. The van der Waals surface area contributed by atoms with Crippen LogP contribution in [0.5, 0.6) is 0 Å². The molecule has 0 unspecified atom stereocenters. The van der Waals surface area contributed by atoms with Gasteiger partial charge < -0.3 is 0 Å². The lowest BCUT2D eigenvalue weighted by molar-refractivity contribution is -0.137. The summed E-state index contributed by atoms with van der Waals surface area (Å²) in [6, 6.07) is -4.19. The van der Waals surface area contributed by atoms with Crippen molar-refractivity contribution in [2.24, 2.45) is 0 Å². The molecule has 1 aromatic carbocycles. The number of aromatic nitrogens is 2. The third-order valence-electron chi connectivity index (χ3n) is 1.62. The van der Waals surface area contributed by atoms with E-state index in [0.717, 1.165) is 0 Å². The smallest absolute Gasteiger partial charge is 0.239 e. The number of para-hydroxylation sites is 1. The molecule has 6 heteroatoms. The second kappa shape index (κ2) is 3.93. The van der Waals surface area contributed by atoms with Crippen LogP contribution in [0, 0.1) is 0 Å². The van der Waals surface area contributed by atoms with Crippen LogP contribution in [-0.2, 0) is 6.18 Å². The molecule has 0 aliphatic heterocycles. The lowest BCUT2D eigenvalue weighted by Crippen LogP contribution is -2.10. The van der Waals surface area contributed by atoms with Gasteiger partial charge in [-0.3, -0.25) is 0 Å². The predicted molar refractivity (Wildman–Crippen MR) is 56.3 cm³/mol. The third kappa shape index (κ3) is 2.11. The maximum absolute atomic E-state index is 13.2. The molecule has 2 aromatic rings. The van der Waals surface area contributed by atoms with Crippen molar-refractivity contribution in [2.45, 2.75) is 6.18 Å². The van der Waals surface area contributed by atoms with E-state index >= 15 is 0 Å². The standard InChI is InChI=1S/C10H6BrF3N2/c11-7-5-15-16(6-7)9-4-2-1-3-8(9)10(12,13)14/h1-6H/i1D,2D,3D,4D,5D,6D. The van der Waals surface area contributed by atoms with Crippen LogP contribution < -0.4 is 0 Å². The summed E-state index contributed by atoms with van der Waals surface area (Å²) in [5.74, 6) is 0. The molecule has 1 aromatic heterocycles. The highest BCUT2D eigenvalue weighted by molar-refractivity contribution is 9.10. The van der Waals surface area contributed by atoms with Crippen molar-refractivity contribution in [3.05, 3.63) is 46.6 Å². The molecule has 0 radical (unpaired) electrons. The van der Waals surface area contributed by atoms with Crippen molar-refractivity contribution in [3.63, 3.8) is 0 Å². The largest absolute Gasteiger partial charge is 0.418 e. The summed E-state index contributed by atoms with van der Waals surface area (Å²) >= 11 is 2.82. The summed E-state index contributed by atoms with van der Waals surface area (Å²) in [6.07, 6.45) is -6.23. The average Bonchev–Trinajstić information content (AvgIpc) is 2.66. The first kappa shape index (κ1) is 5.86. The highest BCUT2D eigenvalue weighted by Crippen LogP contribution is 2.33. The van der Waals surface area contributed by atoms with Crippen molar-refractivity contribution in [3.8, 4) is 5.69 Å². The molecule has 16 heavy (non-hydrogen) atoms. The lowest BCUT2D eigenvalue weighted by Gasteiger charge is -2.11. The van der Waals surface area contributed by atoms with Crippen LogP contribution in [0.15, 0.2) is 41.0 Å². The Balaban J connectivity index is 3.00. The predicted octanol–water partition coefficient (Wildman–Crippen LogP) is 3.65. The van der Waals surface area contributed by atoms with Gasteiger partial charge in [-0.1, -0.05) is 12.1 Å². The van der Waals surface area contributed by atoms with Crippen LogP contribution in [0.2, 0.25) is 0 Å². The van der Waals surface area contributed by atoms with E-state index in [-0.39, 0.29) is 4.47 Å². The summed E-state index contributed by atoms with van der Waals surface area (Å²) in [6.45, 7) is 0. The summed E-state index contributed by atoms with van der Waals surface area (Å²) in [5, 5.41) is 3.43. The van der Waals surface area contributed by atoms with E-state index in [4.69, 9.17) is 8.22 Å². The highest BCUT2D eigenvalue weighted by atomic mass is 79.9. The Bertz CT molecular complexity index is 773. The Morgan fingerprint density at radius 2 is 2.00 bits per heavy atom. The molecule has 0 amide bonds. The molecular weight excluding hydrogens is 285 g/mol. The molecule has 0 atom stereocenters. The van der Waals surface area contributed by atoms with Gasteiger partial charge in [-0.15, -0.1) is 0 Å². The Morgan fingerprint density at radius 1 is 1.31 bits per heavy atom. The first-order valence-corrected chi connectivity index (χ1v) is 4.67. The molecule has 2 nitrogen and oxygen atoms in total. The van der Waals surface area contributed by atoms with Crippen LogP contribution >= 0.6 is 15.9 Å². The van der Waals surface area contributed by atoms with E-state index < -0.39 is 53.9 Å². The molecule has 0 saturated carbocycles. The van der Waals surface area contributed by atoms with Gasteiger partial charge >= 0.3 is 6.18 Å². The minimum atomic E-state index is -5.08. The summed E-state index contributed by atoms with van der Waals surface area (Å²) in [7, 11) is 0. The van der Waals surface area contributed by atoms with Crippen LogP contribution in [-0.4, -0.2) is 9.78 Å². The van der Waals surface area contributed by atoms with E-state index in [9.17, 15) is 13.2 Å². The molecule has 0 fully saturated rings. The van der Waals surface area contributed by atoms with Gasteiger partial charge in [0.15, 0.2) is 0 Å². The van der Waals surface area contributed by atoms with Gasteiger partial charge in [0, 0.05) is 6.17 Å². The summed E-state index contributed by atoms with van der Waals surface area (Å²) in [5.41, 5.74) is -2.65. The molecule has 0 aliphatic rings. The Morgan fingerprint density at radius 3 is 2.56 bits per heavy atom. The maximum Gasteiger partial charge on any atom is 0.418 e. The zero-order valence-electron chi connectivity index (χ0n) is 13.4. The Kier molecular flexibility index (Phi) is 1.44. The Labute approximate surface area is 106 Å². The third-order valence-corrected chi connectivity index (χ3v) is 1.97. The monoisotopic (exact) mass is 296 g/mol. The number of nitrogens with zero attached hydrogens (tertiary/aromatic N) is 2. The van der Waals surface area contributed by atoms with Gasteiger partial charge in [0.2, 0.25) is 0 Å². The molecule has 84 valence electrons. The normalized spacial score (nSPS) is 17.0. The molecule has 1 heterocycles. The molecular formula is C10H6BrF3N2. The van der Waals surface area contributed by atoms with Crippen molar-refractivity contribution >= 4 is 15.9 Å².